The van der Waals surface area contributed by atoms with Gasteiger partial charge >= 0.3 is 0 Å². The molecule has 104 valence electrons. The van der Waals surface area contributed by atoms with Crippen LogP contribution in [0.5, 0.6) is 0 Å². The van der Waals surface area contributed by atoms with Gasteiger partial charge in [-0.1, -0.05) is 0 Å². The standard InChI is InChI=1S/C13H14N4O2S/c1-13(2,3)20(18,19)12(9-15)17-16-11-6-4-10(8-14)5-7-11/h4-7,16H,1-3H3/b17-12+. The molecule has 0 bridgehead atoms. The molecule has 0 atom stereocenters. The monoisotopic (exact) mass is 290 g/mol. The maximum absolute atomic E-state index is 12.1. The van der Waals surface area contributed by atoms with Gasteiger partial charge in [-0.05, 0) is 45.0 Å². The summed E-state index contributed by atoms with van der Waals surface area (Å²) in [7, 11) is -3.80. The zero-order chi connectivity index (χ0) is 15.4. The minimum absolute atomic E-state index is 0.474. The van der Waals surface area contributed by atoms with Gasteiger partial charge in [0.05, 0.1) is 22.1 Å². The molecule has 0 radical (unpaired) electrons. The number of hydrogen-bond acceptors (Lipinski definition) is 6. The van der Waals surface area contributed by atoms with Crippen molar-refractivity contribution in [2.75, 3.05) is 5.43 Å². The first-order valence-electron chi connectivity index (χ1n) is 5.71. The summed E-state index contributed by atoms with van der Waals surface area (Å²) in [6.45, 7) is 4.49. The number of nitrogens with one attached hydrogen (secondary N) is 1. The van der Waals surface area contributed by atoms with E-state index in [1.807, 2.05) is 6.07 Å². The summed E-state index contributed by atoms with van der Waals surface area (Å²) in [6, 6.07) is 9.81. The van der Waals surface area contributed by atoms with Crippen molar-refractivity contribution in [3.63, 3.8) is 0 Å². The van der Waals surface area contributed by atoms with Crippen molar-refractivity contribution in [3.8, 4) is 12.1 Å². The highest BCUT2D eigenvalue weighted by Gasteiger charge is 2.34. The van der Waals surface area contributed by atoms with Crippen molar-refractivity contribution >= 4 is 20.6 Å². The number of anilines is 1. The highest BCUT2D eigenvalue weighted by atomic mass is 32.2. The summed E-state index contributed by atoms with van der Waals surface area (Å²) in [6.07, 6.45) is 0. The lowest BCUT2D eigenvalue weighted by molar-refractivity contribution is 0.573. The van der Waals surface area contributed by atoms with Gasteiger partial charge in [-0.25, -0.2) is 8.42 Å². The average molecular weight is 290 g/mol. The smallest absolute Gasteiger partial charge is 0.252 e. The number of benzene rings is 1. The second-order valence-corrected chi connectivity index (χ2v) is 7.56. The largest absolute Gasteiger partial charge is 0.277 e. The lowest BCUT2D eigenvalue weighted by Crippen LogP contribution is -2.34. The third kappa shape index (κ3) is 3.34. The molecule has 7 heteroatoms. The molecule has 1 aromatic carbocycles. The van der Waals surface area contributed by atoms with Gasteiger partial charge in [0.15, 0.2) is 0 Å². The van der Waals surface area contributed by atoms with E-state index in [0.717, 1.165) is 0 Å². The number of sulfone groups is 1. The van der Waals surface area contributed by atoms with E-state index in [1.54, 1.807) is 30.3 Å². The molecule has 1 aromatic rings. The van der Waals surface area contributed by atoms with E-state index in [4.69, 9.17) is 10.5 Å². The zero-order valence-corrected chi connectivity index (χ0v) is 12.2. The van der Waals surface area contributed by atoms with Crippen molar-refractivity contribution < 1.29 is 8.42 Å². The lowest BCUT2D eigenvalue weighted by Gasteiger charge is -2.17. The van der Waals surface area contributed by atoms with Gasteiger partial charge in [0.25, 0.3) is 5.04 Å². The lowest BCUT2D eigenvalue weighted by atomic mass is 10.2. The van der Waals surface area contributed by atoms with Gasteiger partial charge in [-0.3, -0.25) is 5.43 Å². The summed E-state index contributed by atoms with van der Waals surface area (Å²) in [5.74, 6) is 0. The van der Waals surface area contributed by atoms with Crippen molar-refractivity contribution in [3.05, 3.63) is 29.8 Å². The first kappa shape index (κ1) is 15.7. The number of hydrazone groups is 1. The zero-order valence-electron chi connectivity index (χ0n) is 11.4. The van der Waals surface area contributed by atoms with E-state index in [-0.39, 0.29) is 0 Å². The molecule has 0 saturated heterocycles. The highest BCUT2D eigenvalue weighted by Crippen LogP contribution is 2.18. The minimum Gasteiger partial charge on any atom is -0.277 e. The number of hydrogen-bond donors (Lipinski definition) is 1. The van der Waals surface area contributed by atoms with E-state index < -0.39 is 19.6 Å². The predicted molar refractivity (Wildman–Crippen MR) is 76.5 cm³/mol. The Morgan fingerprint density at radius 3 is 2.15 bits per heavy atom. The van der Waals surface area contributed by atoms with E-state index in [9.17, 15) is 8.42 Å². The molecule has 6 nitrogen and oxygen atoms in total. The Kier molecular flexibility index (Phi) is 4.49. The molecule has 0 aliphatic carbocycles. The first-order valence-corrected chi connectivity index (χ1v) is 7.19. The Hall–Kier alpha value is -2.38. The van der Waals surface area contributed by atoms with E-state index in [1.165, 1.54) is 20.8 Å². The number of nitriles is 2. The molecule has 0 fully saturated rings. The fourth-order valence-electron chi connectivity index (χ4n) is 1.17. The summed E-state index contributed by atoms with van der Waals surface area (Å²) >= 11 is 0. The van der Waals surface area contributed by atoms with Crippen LogP contribution in [0.25, 0.3) is 0 Å². The molecule has 0 amide bonds. The van der Waals surface area contributed by atoms with Gasteiger partial charge in [0.2, 0.25) is 9.84 Å². The SMILES string of the molecule is CC(C)(C)S(=O)(=O)/C(C#N)=N/Nc1ccc(C#N)cc1. The Bertz CT molecular complexity index is 699. The quantitative estimate of drug-likeness (QED) is 0.509. The molecular formula is C13H14N4O2S. The van der Waals surface area contributed by atoms with Crippen LogP contribution in [0.1, 0.15) is 26.3 Å². The number of rotatable bonds is 2. The van der Waals surface area contributed by atoms with Gasteiger partial charge in [0, 0.05) is 0 Å². The van der Waals surface area contributed by atoms with Crippen molar-refractivity contribution in [1.82, 2.24) is 0 Å². The molecule has 0 aliphatic rings. The Balaban J connectivity index is 3.04. The topological polar surface area (TPSA) is 106 Å². The Morgan fingerprint density at radius 1 is 1.20 bits per heavy atom. The summed E-state index contributed by atoms with van der Waals surface area (Å²) in [5, 5.41) is 20.7. The van der Waals surface area contributed by atoms with Crippen LogP contribution in [-0.2, 0) is 9.84 Å². The Labute approximate surface area is 118 Å². The van der Waals surface area contributed by atoms with Gasteiger partial charge < -0.3 is 0 Å². The van der Waals surface area contributed by atoms with Crippen LogP contribution in [0, 0.1) is 22.7 Å². The molecule has 0 aliphatic heterocycles. The summed E-state index contributed by atoms with van der Waals surface area (Å²) in [5.41, 5.74) is 3.46. The molecule has 0 spiro atoms. The van der Waals surface area contributed by atoms with Crippen molar-refractivity contribution in [2.24, 2.45) is 5.10 Å². The molecular weight excluding hydrogens is 276 g/mol. The fourth-order valence-corrected chi connectivity index (χ4v) is 2.04. The van der Waals surface area contributed by atoms with E-state index in [0.29, 0.717) is 11.3 Å². The third-order valence-corrected chi connectivity index (χ3v) is 4.76. The van der Waals surface area contributed by atoms with E-state index >= 15 is 0 Å². The van der Waals surface area contributed by atoms with Crippen LogP contribution < -0.4 is 5.43 Å². The molecule has 1 rings (SSSR count). The highest BCUT2D eigenvalue weighted by molar-refractivity contribution is 8.08. The molecule has 0 heterocycles. The van der Waals surface area contributed by atoms with Crippen molar-refractivity contribution in [2.45, 2.75) is 25.5 Å². The van der Waals surface area contributed by atoms with Crippen LogP contribution in [0.15, 0.2) is 29.4 Å². The molecule has 20 heavy (non-hydrogen) atoms. The van der Waals surface area contributed by atoms with Crippen LogP contribution >= 0.6 is 0 Å². The van der Waals surface area contributed by atoms with Crippen LogP contribution in [0.3, 0.4) is 0 Å². The maximum atomic E-state index is 12.1. The first-order chi connectivity index (χ1) is 9.22. The van der Waals surface area contributed by atoms with Gasteiger partial charge in [0.1, 0.15) is 6.07 Å². The van der Waals surface area contributed by atoms with Gasteiger partial charge in [-0.2, -0.15) is 15.6 Å². The fraction of sp³-hybridized carbons (Fsp3) is 0.308. The minimum atomic E-state index is -3.80. The maximum Gasteiger partial charge on any atom is 0.252 e. The molecule has 0 aromatic heterocycles. The second kappa shape index (κ2) is 5.72. The average Bonchev–Trinajstić information content (AvgIpc) is 2.38. The normalized spacial score (nSPS) is 12.3. The van der Waals surface area contributed by atoms with Crippen LogP contribution in [0.4, 0.5) is 5.69 Å². The molecule has 0 unspecified atom stereocenters. The predicted octanol–water partition coefficient (Wildman–Crippen LogP) is 2.02. The molecule has 1 N–H and O–H groups in total. The van der Waals surface area contributed by atoms with Crippen molar-refractivity contribution in [1.29, 1.82) is 10.5 Å². The molecule has 0 saturated carbocycles. The number of nitrogens with zero attached hydrogens (tertiary/aromatic N) is 3. The summed E-state index contributed by atoms with van der Waals surface area (Å²) in [4.78, 5) is 0. The third-order valence-electron chi connectivity index (χ3n) is 2.46. The Morgan fingerprint density at radius 2 is 1.75 bits per heavy atom. The second-order valence-electron chi connectivity index (χ2n) is 4.95. The van der Waals surface area contributed by atoms with Crippen LogP contribution in [-0.4, -0.2) is 18.2 Å². The van der Waals surface area contributed by atoms with Crippen LogP contribution in [0.2, 0.25) is 0 Å². The van der Waals surface area contributed by atoms with E-state index in [2.05, 4.69) is 10.5 Å². The summed E-state index contributed by atoms with van der Waals surface area (Å²) < 4.78 is 23.0. The van der Waals surface area contributed by atoms with Gasteiger partial charge in [-0.15, -0.1) is 0 Å².